The molecule has 0 atom stereocenters. The Kier molecular flexibility index (Phi) is 5.08. The Morgan fingerprint density at radius 1 is 1.04 bits per heavy atom. The summed E-state index contributed by atoms with van der Waals surface area (Å²) < 4.78 is 1.56. The topological polar surface area (TPSA) is 69.6 Å². The van der Waals surface area contributed by atoms with Crippen LogP contribution in [0.2, 0.25) is 0 Å². The van der Waals surface area contributed by atoms with E-state index in [-0.39, 0.29) is 5.41 Å². The summed E-state index contributed by atoms with van der Waals surface area (Å²) in [5.41, 5.74) is 3.45. The Labute approximate surface area is 152 Å². The average molecular weight is 353 g/mol. The smallest absolute Gasteiger partial charge is 0.210 e. The molecule has 130 valence electrons. The van der Waals surface area contributed by atoms with Gasteiger partial charge in [0.25, 0.3) is 0 Å². The van der Waals surface area contributed by atoms with Crippen LogP contribution in [0, 0.1) is 0 Å². The number of aromatic nitrogens is 4. The Morgan fingerprint density at radius 3 is 2.44 bits per heavy atom. The predicted molar refractivity (Wildman–Crippen MR) is 103 cm³/mol. The van der Waals surface area contributed by atoms with E-state index in [1.54, 1.807) is 16.4 Å². The van der Waals surface area contributed by atoms with Gasteiger partial charge in [-0.1, -0.05) is 62.9 Å². The van der Waals surface area contributed by atoms with Crippen LogP contribution in [0.1, 0.15) is 32.0 Å². The van der Waals surface area contributed by atoms with E-state index in [1.165, 1.54) is 5.56 Å². The number of rotatable bonds is 5. The van der Waals surface area contributed by atoms with Crippen molar-refractivity contribution in [3.05, 3.63) is 59.9 Å². The van der Waals surface area contributed by atoms with Crippen molar-refractivity contribution in [1.29, 1.82) is 0 Å². The molecule has 0 fully saturated rings. The molecule has 0 amide bonds. The second-order valence-electron chi connectivity index (χ2n) is 6.92. The fourth-order valence-corrected chi connectivity index (χ4v) is 3.30. The number of nitrogen functional groups attached to an aromatic ring is 1. The van der Waals surface area contributed by atoms with Crippen LogP contribution in [0.5, 0.6) is 0 Å². The van der Waals surface area contributed by atoms with Crippen LogP contribution in [0.4, 0.5) is 0 Å². The first kappa shape index (κ1) is 17.5. The molecule has 3 rings (SSSR count). The van der Waals surface area contributed by atoms with Gasteiger partial charge in [-0.3, -0.25) is 4.98 Å². The highest BCUT2D eigenvalue weighted by Crippen LogP contribution is 2.26. The number of thioether (sulfide) groups is 1. The Balaban J connectivity index is 1.68. The van der Waals surface area contributed by atoms with E-state index in [9.17, 15) is 0 Å². The first-order valence-corrected chi connectivity index (χ1v) is 9.28. The van der Waals surface area contributed by atoms with Crippen LogP contribution in [0.25, 0.3) is 11.4 Å². The van der Waals surface area contributed by atoms with Gasteiger partial charge in [0.05, 0.1) is 0 Å². The maximum absolute atomic E-state index is 6.19. The third-order valence-electron chi connectivity index (χ3n) is 3.99. The summed E-state index contributed by atoms with van der Waals surface area (Å²) in [7, 11) is 0. The molecule has 2 aromatic heterocycles. The van der Waals surface area contributed by atoms with Crippen LogP contribution in [-0.4, -0.2) is 25.6 Å². The largest absolute Gasteiger partial charge is 0.335 e. The Hall–Kier alpha value is -2.34. The van der Waals surface area contributed by atoms with Gasteiger partial charge in [-0.15, -0.1) is 10.2 Å². The first-order valence-electron chi connectivity index (χ1n) is 8.29. The van der Waals surface area contributed by atoms with Crippen molar-refractivity contribution in [3.63, 3.8) is 0 Å². The molecule has 0 bridgehead atoms. The lowest BCUT2D eigenvalue weighted by Crippen LogP contribution is -2.13. The molecule has 0 radical (unpaired) electrons. The second kappa shape index (κ2) is 7.27. The lowest BCUT2D eigenvalue weighted by atomic mass is 9.87. The van der Waals surface area contributed by atoms with Gasteiger partial charge >= 0.3 is 0 Å². The van der Waals surface area contributed by atoms with Gasteiger partial charge in [0, 0.05) is 23.2 Å². The molecule has 0 aliphatic carbocycles. The first-order chi connectivity index (χ1) is 11.9. The fraction of sp³-hybridized carbons (Fsp3) is 0.316. The van der Waals surface area contributed by atoms with Crippen molar-refractivity contribution in [2.24, 2.45) is 0 Å². The van der Waals surface area contributed by atoms with Crippen molar-refractivity contribution < 1.29 is 0 Å². The molecule has 1 aromatic carbocycles. The van der Waals surface area contributed by atoms with Gasteiger partial charge in [0.15, 0.2) is 5.82 Å². The molecule has 2 heterocycles. The molecule has 0 spiro atoms. The SMILES string of the molecule is CC(C)(C)c1ccc(-c2nnc(SCCc3ccccn3)n2N)cc1. The highest BCUT2D eigenvalue weighted by molar-refractivity contribution is 7.99. The number of nitrogens with two attached hydrogens (primary N) is 1. The number of pyridine rings is 1. The standard InChI is InChI=1S/C19H23N5S/c1-19(2,3)15-9-7-14(8-10-15)17-22-23-18(24(17)20)25-13-11-16-6-4-5-12-21-16/h4-10,12H,11,13,20H2,1-3H3. The molecule has 3 aromatic rings. The summed E-state index contributed by atoms with van der Waals surface area (Å²) in [6.45, 7) is 6.59. The molecule has 0 aliphatic rings. The molecule has 0 saturated carbocycles. The van der Waals surface area contributed by atoms with Crippen LogP contribution in [0.3, 0.4) is 0 Å². The van der Waals surface area contributed by atoms with Gasteiger partial charge in [-0.2, -0.15) is 0 Å². The molecule has 0 aliphatic heterocycles. The van der Waals surface area contributed by atoms with Crippen molar-refractivity contribution >= 4 is 11.8 Å². The summed E-state index contributed by atoms with van der Waals surface area (Å²) in [5.74, 6) is 7.73. The normalized spacial score (nSPS) is 11.6. The molecule has 25 heavy (non-hydrogen) atoms. The van der Waals surface area contributed by atoms with E-state index < -0.39 is 0 Å². The van der Waals surface area contributed by atoms with Crippen molar-refractivity contribution in [1.82, 2.24) is 19.9 Å². The lowest BCUT2D eigenvalue weighted by molar-refractivity contribution is 0.590. The average Bonchev–Trinajstić information content (AvgIpc) is 2.96. The summed E-state index contributed by atoms with van der Waals surface area (Å²) in [5, 5.41) is 9.19. The highest BCUT2D eigenvalue weighted by Gasteiger charge is 2.16. The van der Waals surface area contributed by atoms with Crippen LogP contribution < -0.4 is 5.84 Å². The highest BCUT2D eigenvalue weighted by atomic mass is 32.2. The van der Waals surface area contributed by atoms with E-state index in [0.717, 1.165) is 23.4 Å². The molecule has 0 unspecified atom stereocenters. The monoisotopic (exact) mass is 353 g/mol. The summed E-state index contributed by atoms with van der Waals surface area (Å²) >= 11 is 1.59. The maximum atomic E-state index is 6.19. The number of nitrogens with zero attached hydrogens (tertiary/aromatic N) is 4. The van der Waals surface area contributed by atoms with Crippen molar-refractivity contribution in [2.75, 3.05) is 11.6 Å². The minimum absolute atomic E-state index is 0.126. The van der Waals surface area contributed by atoms with Crippen LogP contribution in [0.15, 0.2) is 53.8 Å². The minimum Gasteiger partial charge on any atom is -0.335 e. The molecule has 6 heteroatoms. The molecule has 2 N–H and O–H groups in total. The number of aryl methyl sites for hydroxylation is 1. The Bertz CT molecular complexity index is 819. The zero-order valence-electron chi connectivity index (χ0n) is 14.8. The van der Waals surface area contributed by atoms with E-state index in [1.807, 2.05) is 24.4 Å². The van der Waals surface area contributed by atoms with Crippen molar-refractivity contribution in [3.8, 4) is 11.4 Å². The fourth-order valence-electron chi connectivity index (χ4n) is 2.48. The molecule has 5 nitrogen and oxygen atoms in total. The van der Waals surface area contributed by atoms with E-state index in [0.29, 0.717) is 11.0 Å². The van der Waals surface area contributed by atoms with E-state index in [4.69, 9.17) is 5.84 Å². The van der Waals surface area contributed by atoms with Crippen molar-refractivity contribution in [2.45, 2.75) is 37.8 Å². The van der Waals surface area contributed by atoms with E-state index in [2.05, 4.69) is 60.2 Å². The lowest BCUT2D eigenvalue weighted by Gasteiger charge is -2.19. The van der Waals surface area contributed by atoms with Gasteiger partial charge in [-0.25, -0.2) is 4.68 Å². The minimum atomic E-state index is 0.126. The summed E-state index contributed by atoms with van der Waals surface area (Å²) in [6.07, 6.45) is 2.68. The zero-order valence-corrected chi connectivity index (χ0v) is 15.6. The second-order valence-corrected chi connectivity index (χ2v) is 7.99. The van der Waals surface area contributed by atoms with Gasteiger partial charge in [0.2, 0.25) is 5.16 Å². The van der Waals surface area contributed by atoms with E-state index >= 15 is 0 Å². The molecular weight excluding hydrogens is 330 g/mol. The summed E-state index contributed by atoms with van der Waals surface area (Å²) in [4.78, 5) is 4.33. The maximum Gasteiger partial charge on any atom is 0.210 e. The zero-order chi connectivity index (χ0) is 17.9. The molecule has 0 saturated heterocycles. The van der Waals surface area contributed by atoms with Crippen LogP contribution in [-0.2, 0) is 11.8 Å². The van der Waals surface area contributed by atoms with Crippen LogP contribution >= 0.6 is 11.8 Å². The Morgan fingerprint density at radius 2 is 1.80 bits per heavy atom. The van der Waals surface area contributed by atoms with Gasteiger partial charge in [-0.05, 0) is 29.5 Å². The third-order valence-corrected chi connectivity index (χ3v) is 4.93. The third kappa shape index (κ3) is 4.20. The predicted octanol–water partition coefficient (Wildman–Crippen LogP) is 3.69. The number of benzene rings is 1. The molecular formula is C19H23N5S. The quantitative estimate of drug-likeness (QED) is 0.560. The summed E-state index contributed by atoms with van der Waals surface area (Å²) in [6, 6.07) is 14.3. The van der Waals surface area contributed by atoms with Gasteiger partial charge in [0.1, 0.15) is 0 Å². The number of hydrogen-bond acceptors (Lipinski definition) is 5. The number of hydrogen-bond donors (Lipinski definition) is 1. The van der Waals surface area contributed by atoms with Gasteiger partial charge < -0.3 is 5.84 Å².